The first kappa shape index (κ1) is 22.2. The van der Waals surface area contributed by atoms with Crippen molar-refractivity contribution in [1.82, 2.24) is 10.4 Å². The van der Waals surface area contributed by atoms with Gasteiger partial charge in [-0.3, -0.25) is 0 Å². The summed E-state index contributed by atoms with van der Waals surface area (Å²) in [4.78, 5) is 26.1. The fourth-order valence-electron chi connectivity index (χ4n) is 4.14. The molecule has 6 nitrogen and oxygen atoms in total. The Kier molecular flexibility index (Phi) is 8.60. The van der Waals surface area contributed by atoms with Crippen molar-refractivity contribution in [3.8, 4) is 0 Å². The Balaban J connectivity index is 1.87. The summed E-state index contributed by atoms with van der Waals surface area (Å²) in [6, 6.07) is 10.1. The molecule has 0 bridgehead atoms. The zero-order valence-electron chi connectivity index (χ0n) is 18.4. The number of hydroxylamine groups is 1. The van der Waals surface area contributed by atoms with Gasteiger partial charge in [0, 0.05) is 17.4 Å². The van der Waals surface area contributed by atoms with E-state index in [0.29, 0.717) is 6.02 Å². The van der Waals surface area contributed by atoms with Crippen LogP contribution in [0.4, 0.5) is 10.5 Å². The van der Waals surface area contributed by atoms with Crippen LogP contribution < -0.4 is 10.8 Å². The van der Waals surface area contributed by atoms with Crippen molar-refractivity contribution in [2.24, 2.45) is 4.99 Å². The van der Waals surface area contributed by atoms with E-state index in [1.54, 1.807) is 4.90 Å². The highest BCUT2D eigenvalue weighted by atomic mass is 16.7. The van der Waals surface area contributed by atoms with Gasteiger partial charge in [0.1, 0.15) is 0 Å². The molecule has 1 aromatic rings. The molecule has 0 spiro atoms. The number of urea groups is 1. The van der Waals surface area contributed by atoms with Crippen LogP contribution in [-0.2, 0) is 4.84 Å². The molecule has 0 radical (unpaired) electrons. The number of aliphatic imine (C=N–C) groups is 1. The molecule has 2 aliphatic carbocycles. The monoisotopic (exact) mass is 412 g/mol. The number of hydrogen-bond donors (Lipinski definition) is 2. The molecule has 2 saturated carbocycles. The highest BCUT2D eigenvalue weighted by Gasteiger charge is 2.32. The number of para-hydroxylation sites is 1. The maximum Gasteiger partial charge on any atom is 0.330 e. The van der Waals surface area contributed by atoms with E-state index in [2.05, 4.69) is 10.8 Å². The van der Waals surface area contributed by atoms with Crippen LogP contribution in [-0.4, -0.2) is 29.0 Å². The maximum absolute atomic E-state index is 13.4. The third kappa shape index (κ3) is 6.51. The van der Waals surface area contributed by atoms with Gasteiger partial charge in [0.15, 0.2) is 0 Å². The van der Waals surface area contributed by atoms with E-state index in [1.807, 2.05) is 50.3 Å². The minimum absolute atomic E-state index is 0.0949. The fraction of sp³-hybridized carbons (Fsp3) is 0.583. The minimum atomic E-state index is -0.178. The van der Waals surface area contributed by atoms with Crippen LogP contribution in [0.25, 0.3) is 0 Å². The molecule has 6 heteroatoms. The number of allylic oxidation sites excluding steroid dienone is 2. The second-order valence-corrected chi connectivity index (χ2v) is 8.34. The molecule has 0 heterocycles. The number of benzene rings is 1. The number of nitrogens with one attached hydrogen (secondary N) is 2. The van der Waals surface area contributed by atoms with E-state index >= 15 is 0 Å². The van der Waals surface area contributed by atoms with E-state index in [9.17, 15) is 4.79 Å². The summed E-state index contributed by atoms with van der Waals surface area (Å²) in [7, 11) is 0. The number of anilines is 1. The van der Waals surface area contributed by atoms with E-state index in [-0.39, 0.29) is 18.1 Å². The molecule has 30 heavy (non-hydrogen) atoms. The molecular formula is C24H36N4O2. The normalized spacial score (nSPS) is 19.3. The van der Waals surface area contributed by atoms with Crippen molar-refractivity contribution in [3.63, 3.8) is 0 Å². The van der Waals surface area contributed by atoms with Gasteiger partial charge in [-0.1, -0.05) is 62.8 Å². The van der Waals surface area contributed by atoms with Crippen molar-refractivity contribution in [3.05, 3.63) is 42.1 Å². The summed E-state index contributed by atoms with van der Waals surface area (Å²) in [5, 5.41) is 3.04. The quantitative estimate of drug-likeness (QED) is 0.355. The molecule has 0 atom stereocenters. The fourth-order valence-corrected chi connectivity index (χ4v) is 4.14. The number of nitrogens with zero attached hydrogens (tertiary/aromatic N) is 2. The van der Waals surface area contributed by atoms with E-state index in [4.69, 9.17) is 9.83 Å². The Labute approximate surface area is 180 Å². The predicted molar refractivity (Wildman–Crippen MR) is 122 cm³/mol. The molecular weight excluding hydrogens is 376 g/mol. The van der Waals surface area contributed by atoms with Gasteiger partial charge in [-0.05, 0) is 51.7 Å². The van der Waals surface area contributed by atoms with Gasteiger partial charge in [0.05, 0.1) is 6.04 Å². The van der Waals surface area contributed by atoms with Crippen LogP contribution in [0.15, 0.2) is 47.1 Å². The largest absolute Gasteiger partial charge is 0.343 e. The Bertz CT molecular complexity index is 720. The van der Waals surface area contributed by atoms with Gasteiger partial charge >= 0.3 is 12.1 Å². The summed E-state index contributed by atoms with van der Waals surface area (Å²) < 4.78 is 0. The zero-order valence-corrected chi connectivity index (χ0v) is 18.4. The molecule has 2 N–H and O–H groups in total. The van der Waals surface area contributed by atoms with Crippen LogP contribution >= 0.6 is 0 Å². The van der Waals surface area contributed by atoms with Crippen molar-refractivity contribution >= 4 is 17.7 Å². The third-order valence-corrected chi connectivity index (χ3v) is 5.99. The SMILES string of the molecule is C/C=C(\C)NOC(=NC1CCCCC1)N(C(=O)Nc1ccccc1)C1CCCCC1. The first-order valence-electron chi connectivity index (χ1n) is 11.5. The lowest BCUT2D eigenvalue weighted by atomic mass is 9.94. The van der Waals surface area contributed by atoms with Gasteiger partial charge in [-0.15, -0.1) is 0 Å². The summed E-state index contributed by atoms with van der Waals surface area (Å²) in [5.74, 6) is 0. The number of rotatable bonds is 5. The van der Waals surface area contributed by atoms with E-state index in [0.717, 1.165) is 49.9 Å². The molecule has 1 aromatic carbocycles. The average Bonchev–Trinajstić information content (AvgIpc) is 2.79. The first-order valence-corrected chi connectivity index (χ1v) is 11.5. The van der Waals surface area contributed by atoms with Crippen molar-refractivity contribution in [2.45, 2.75) is 90.1 Å². The summed E-state index contributed by atoms with van der Waals surface area (Å²) in [6.07, 6.45) is 13.1. The molecule has 0 aromatic heterocycles. The zero-order chi connectivity index (χ0) is 21.2. The summed E-state index contributed by atoms with van der Waals surface area (Å²) in [6.45, 7) is 3.89. The number of amides is 2. The first-order chi connectivity index (χ1) is 14.7. The maximum atomic E-state index is 13.4. The second kappa shape index (κ2) is 11.6. The van der Waals surface area contributed by atoms with Crippen LogP contribution in [0.3, 0.4) is 0 Å². The molecule has 0 aliphatic heterocycles. The Morgan fingerprint density at radius 3 is 2.30 bits per heavy atom. The highest BCUT2D eigenvalue weighted by Crippen LogP contribution is 2.26. The van der Waals surface area contributed by atoms with Crippen LogP contribution in [0.5, 0.6) is 0 Å². The second-order valence-electron chi connectivity index (χ2n) is 8.34. The standard InChI is InChI=1S/C24H36N4O2/c1-3-19(2)27-30-24(26-21-15-9-5-10-16-21)28(22-17-11-6-12-18-22)23(29)25-20-13-7-4-8-14-20/h3-4,7-8,13-14,21-22,27H,5-6,9-12,15-18H2,1-2H3,(H,25,29)/b19-3+,26-24?. The Morgan fingerprint density at radius 1 is 1.03 bits per heavy atom. The minimum Gasteiger partial charge on any atom is -0.343 e. The van der Waals surface area contributed by atoms with E-state index < -0.39 is 0 Å². The van der Waals surface area contributed by atoms with E-state index in [1.165, 1.54) is 25.7 Å². The van der Waals surface area contributed by atoms with Gasteiger partial charge in [0.25, 0.3) is 0 Å². The number of amidine groups is 1. The number of hydrogen-bond acceptors (Lipinski definition) is 4. The highest BCUT2D eigenvalue weighted by molar-refractivity contribution is 6.01. The van der Waals surface area contributed by atoms with Crippen LogP contribution in [0.2, 0.25) is 0 Å². The summed E-state index contributed by atoms with van der Waals surface area (Å²) in [5.41, 5.74) is 4.63. The lowest BCUT2D eigenvalue weighted by molar-refractivity contribution is 0.140. The van der Waals surface area contributed by atoms with Gasteiger partial charge in [0.2, 0.25) is 0 Å². The molecule has 0 saturated heterocycles. The molecule has 164 valence electrons. The molecule has 2 aliphatic rings. The molecule has 2 amide bonds. The molecule has 0 unspecified atom stereocenters. The Hall–Kier alpha value is -2.50. The third-order valence-electron chi connectivity index (χ3n) is 5.99. The van der Waals surface area contributed by atoms with Crippen molar-refractivity contribution < 1.29 is 9.63 Å². The smallest absolute Gasteiger partial charge is 0.330 e. The van der Waals surface area contributed by atoms with Crippen molar-refractivity contribution in [1.29, 1.82) is 0 Å². The Morgan fingerprint density at radius 2 is 1.67 bits per heavy atom. The molecule has 2 fully saturated rings. The number of carbonyl (C=O) groups excluding carboxylic acids is 1. The lowest BCUT2D eigenvalue weighted by Crippen LogP contribution is -2.50. The van der Waals surface area contributed by atoms with Crippen LogP contribution in [0, 0.1) is 0 Å². The molecule has 3 rings (SSSR count). The van der Waals surface area contributed by atoms with Crippen LogP contribution in [0.1, 0.15) is 78.1 Å². The van der Waals surface area contributed by atoms with Gasteiger partial charge < -0.3 is 10.2 Å². The number of carbonyl (C=O) groups is 1. The van der Waals surface area contributed by atoms with Gasteiger partial charge in [-0.25, -0.2) is 20.2 Å². The van der Waals surface area contributed by atoms with Gasteiger partial charge in [-0.2, -0.15) is 0 Å². The topological polar surface area (TPSA) is 66.0 Å². The average molecular weight is 413 g/mol. The van der Waals surface area contributed by atoms with Crippen molar-refractivity contribution in [2.75, 3.05) is 5.32 Å². The summed E-state index contributed by atoms with van der Waals surface area (Å²) >= 11 is 0. The lowest BCUT2D eigenvalue weighted by Gasteiger charge is -2.34. The predicted octanol–water partition coefficient (Wildman–Crippen LogP) is 5.99.